The van der Waals surface area contributed by atoms with Crippen molar-refractivity contribution < 1.29 is 19.1 Å². The largest absolute Gasteiger partial charge is 0.464 e. The van der Waals surface area contributed by atoms with Crippen LogP contribution < -0.4 is 5.32 Å². The molecule has 1 aromatic heterocycles. The normalized spacial score (nSPS) is 21.0. The predicted octanol–water partition coefficient (Wildman–Crippen LogP) is 2.33. The summed E-state index contributed by atoms with van der Waals surface area (Å²) in [4.78, 5) is 14.3. The van der Waals surface area contributed by atoms with Crippen LogP contribution in [-0.2, 0) is 11.2 Å². The smallest absolute Gasteiger partial charge is 0.318 e. The number of furan rings is 1. The minimum Gasteiger partial charge on any atom is -0.464 e. The van der Waals surface area contributed by atoms with Gasteiger partial charge in [-0.3, -0.25) is 0 Å². The van der Waals surface area contributed by atoms with E-state index < -0.39 is 6.10 Å². The van der Waals surface area contributed by atoms with E-state index >= 15 is 0 Å². The van der Waals surface area contributed by atoms with E-state index in [1.54, 1.807) is 18.9 Å². The van der Waals surface area contributed by atoms with Crippen LogP contribution in [0.4, 0.5) is 4.79 Å². The van der Waals surface area contributed by atoms with Crippen molar-refractivity contribution in [3.63, 3.8) is 0 Å². The number of urea groups is 1. The fourth-order valence-corrected chi connectivity index (χ4v) is 2.96. The lowest BCUT2D eigenvalue weighted by Gasteiger charge is -2.34. The van der Waals surface area contributed by atoms with Crippen molar-refractivity contribution in [3.05, 3.63) is 23.7 Å². The highest BCUT2D eigenvalue weighted by Gasteiger charge is 2.28. The molecule has 0 aromatic carbocycles. The van der Waals surface area contributed by atoms with Crippen LogP contribution in [0, 0.1) is 5.92 Å². The van der Waals surface area contributed by atoms with Gasteiger partial charge in [0, 0.05) is 32.5 Å². The van der Waals surface area contributed by atoms with Gasteiger partial charge in [0.25, 0.3) is 0 Å². The second kappa shape index (κ2) is 8.36. The number of aliphatic hydroxyl groups excluding tert-OH is 1. The fraction of sp³-hybridized carbons (Fsp3) is 0.706. The van der Waals surface area contributed by atoms with E-state index in [-0.39, 0.29) is 18.0 Å². The van der Waals surface area contributed by atoms with Crippen LogP contribution >= 0.6 is 0 Å². The number of aryl methyl sites for hydroxylation is 1. The number of carbonyl (C=O) groups is 1. The zero-order valence-electron chi connectivity index (χ0n) is 14.2. The SMILES string of the molecule is CCc1ccc(C(COC)NC(=O)N2CCCC(C(C)O)C2)o1. The summed E-state index contributed by atoms with van der Waals surface area (Å²) in [5.74, 6) is 1.74. The number of hydrogen-bond acceptors (Lipinski definition) is 4. The van der Waals surface area contributed by atoms with E-state index in [0.29, 0.717) is 25.5 Å². The Morgan fingerprint density at radius 1 is 1.57 bits per heavy atom. The molecule has 1 fully saturated rings. The minimum atomic E-state index is -0.391. The van der Waals surface area contributed by atoms with E-state index in [2.05, 4.69) is 5.32 Å². The maximum Gasteiger partial charge on any atom is 0.318 e. The van der Waals surface area contributed by atoms with Crippen LogP contribution in [0.15, 0.2) is 16.5 Å². The Balaban J connectivity index is 1.99. The molecule has 0 aliphatic carbocycles. The summed E-state index contributed by atoms with van der Waals surface area (Å²) in [5, 5.41) is 12.7. The number of hydrogen-bond donors (Lipinski definition) is 2. The molecule has 1 aliphatic heterocycles. The molecule has 2 heterocycles. The van der Waals surface area contributed by atoms with Gasteiger partial charge in [-0.05, 0) is 31.9 Å². The summed E-state index contributed by atoms with van der Waals surface area (Å²) >= 11 is 0. The van der Waals surface area contributed by atoms with Crippen LogP contribution in [0.1, 0.15) is 44.3 Å². The van der Waals surface area contributed by atoms with Crippen molar-refractivity contribution in [2.75, 3.05) is 26.8 Å². The third kappa shape index (κ3) is 4.72. The number of aliphatic hydroxyl groups is 1. The number of ether oxygens (including phenoxy) is 1. The van der Waals surface area contributed by atoms with E-state index in [1.807, 2.05) is 19.1 Å². The highest BCUT2D eigenvalue weighted by Crippen LogP contribution is 2.22. The third-order valence-electron chi connectivity index (χ3n) is 4.43. The van der Waals surface area contributed by atoms with Gasteiger partial charge in [-0.15, -0.1) is 0 Å². The molecule has 1 aromatic rings. The number of nitrogens with zero attached hydrogens (tertiary/aromatic N) is 1. The average Bonchev–Trinajstić information content (AvgIpc) is 3.03. The van der Waals surface area contributed by atoms with Gasteiger partial charge in [-0.1, -0.05) is 6.92 Å². The molecule has 0 spiro atoms. The van der Waals surface area contributed by atoms with E-state index in [9.17, 15) is 9.90 Å². The molecule has 2 N–H and O–H groups in total. The van der Waals surface area contributed by atoms with Crippen molar-refractivity contribution >= 4 is 6.03 Å². The third-order valence-corrected chi connectivity index (χ3v) is 4.43. The van der Waals surface area contributed by atoms with Crippen molar-refractivity contribution in [2.24, 2.45) is 5.92 Å². The molecule has 2 amide bonds. The molecule has 6 heteroatoms. The number of carbonyl (C=O) groups excluding carboxylic acids is 1. The van der Waals surface area contributed by atoms with Crippen molar-refractivity contribution in [1.82, 2.24) is 10.2 Å². The Bertz CT molecular complexity index is 501. The summed E-state index contributed by atoms with van der Waals surface area (Å²) in [6.45, 7) is 5.47. The average molecular weight is 324 g/mol. The number of nitrogens with one attached hydrogen (secondary N) is 1. The van der Waals surface area contributed by atoms with Gasteiger partial charge < -0.3 is 24.5 Å². The molecule has 0 saturated carbocycles. The highest BCUT2D eigenvalue weighted by atomic mass is 16.5. The maximum absolute atomic E-state index is 12.5. The first-order valence-corrected chi connectivity index (χ1v) is 8.36. The second-order valence-corrected chi connectivity index (χ2v) is 6.20. The lowest BCUT2D eigenvalue weighted by atomic mass is 9.94. The molecule has 130 valence electrons. The van der Waals surface area contributed by atoms with Crippen LogP contribution in [0.5, 0.6) is 0 Å². The van der Waals surface area contributed by atoms with Gasteiger partial charge in [0.05, 0.1) is 12.7 Å². The lowest BCUT2D eigenvalue weighted by Crippen LogP contribution is -2.48. The summed E-state index contributed by atoms with van der Waals surface area (Å²) in [6.07, 6.45) is 2.30. The lowest BCUT2D eigenvalue weighted by molar-refractivity contribution is 0.0714. The molecule has 23 heavy (non-hydrogen) atoms. The highest BCUT2D eigenvalue weighted by molar-refractivity contribution is 5.74. The summed E-state index contributed by atoms with van der Waals surface area (Å²) in [5.41, 5.74) is 0. The number of rotatable bonds is 6. The predicted molar refractivity (Wildman–Crippen MR) is 87.2 cm³/mol. The molecule has 6 nitrogen and oxygen atoms in total. The van der Waals surface area contributed by atoms with Gasteiger partial charge >= 0.3 is 6.03 Å². The Hall–Kier alpha value is -1.53. The zero-order valence-corrected chi connectivity index (χ0v) is 14.2. The fourth-order valence-electron chi connectivity index (χ4n) is 2.96. The summed E-state index contributed by atoms with van der Waals surface area (Å²) in [7, 11) is 1.60. The Morgan fingerprint density at radius 3 is 2.96 bits per heavy atom. The van der Waals surface area contributed by atoms with Gasteiger partial charge in [-0.2, -0.15) is 0 Å². The van der Waals surface area contributed by atoms with Crippen LogP contribution in [0.2, 0.25) is 0 Å². The van der Waals surface area contributed by atoms with E-state index in [1.165, 1.54) is 0 Å². The molecule has 3 atom stereocenters. The molecule has 0 radical (unpaired) electrons. The number of methoxy groups -OCH3 is 1. The first kappa shape index (κ1) is 17.8. The Labute approximate surface area is 137 Å². The Morgan fingerprint density at radius 2 is 2.35 bits per heavy atom. The monoisotopic (exact) mass is 324 g/mol. The molecule has 1 saturated heterocycles. The van der Waals surface area contributed by atoms with Gasteiger partial charge in [0.2, 0.25) is 0 Å². The van der Waals surface area contributed by atoms with Gasteiger partial charge in [-0.25, -0.2) is 4.79 Å². The quantitative estimate of drug-likeness (QED) is 0.842. The number of piperidine rings is 1. The molecular formula is C17H28N2O4. The van der Waals surface area contributed by atoms with Crippen LogP contribution in [-0.4, -0.2) is 48.9 Å². The summed E-state index contributed by atoms with van der Waals surface area (Å²) in [6, 6.07) is 3.37. The van der Waals surface area contributed by atoms with Gasteiger partial charge in [0.15, 0.2) is 0 Å². The van der Waals surface area contributed by atoms with Gasteiger partial charge in [0.1, 0.15) is 17.6 Å². The van der Waals surface area contributed by atoms with Crippen molar-refractivity contribution in [3.8, 4) is 0 Å². The maximum atomic E-state index is 12.5. The first-order chi connectivity index (χ1) is 11.0. The Kier molecular flexibility index (Phi) is 6.47. The van der Waals surface area contributed by atoms with Crippen LogP contribution in [0.3, 0.4) is 0 Å². The molecular weight excluding hydrogens is 296 g/mol. The molecule has 0 bridgehead atoms. The number of likely N-dealkylation sites (tertiary alicyclic amines) is 1. The standard InChI is InChI=1S/C17H28N2O4/c1-4-14-7-8-16(23-14)15(11-22-3)18-17(21)19-9-5-6-13(10-19)12(2)20/h7-8,12-13,15,20H,4-6,9-11H2,1-3H3,(H,18,21). The van der Waals surface area contributed by atoms with Crippen molar-refractivity contribution in [1.29, 1.82) is 0 Å². The van der Waals surface area contributed by atoms with E-state index in [4.69, 9.17) is 9.15 Å². The second-order valence-electron chi connectivity index (χ2n) is 6.20. The molecule has 3 unspecified atom stereocenters. The van der Waals surface area contributed by atoms with Crippen LogP contribution in [0.25, 0.3) is 0 Å². The zero-order chi connectivity index (χ0) is 16.8. The number of amides is 2. The minimum absolute atomic E-state index is 0.133. The molecule has 2 rings (SSSR count). The first-order valence-electron chi connectivity index (χ1n) is 8.36. The van der Waals surface area contributed by atoms with Crippen molar-refractivity contribution in [2.45, 2.75) is 45.3 Å². The topological polar surface area (TPSA) is 74.9 Å². The summed E-state index contributed by atoms with van der Waals surface area (Å²) < 4.78 is 11.0. The van der Waals surface area contributed by atoms with E-state index in [0.717, 1.165) is 25.0 Å². The molecule has 1 aliphatic rings.